The summed E-state index contributed by atoms with van der Waals surface area (Å²) >= 11 is 18.2. The van der Waals surface area contributed by atoms with Crippen LogP contribution in [0, 0.1) is 0 Å². The van der Waals surface area contributed by atoms with E-state index in [-0.39, 0.29) is 0 Å². The number of halogens is 3. The minimum Gasteiger partial charge on any atom is -0.489 e. The van der Waals surface area contributed by atoms with Crippen LogP contribution in [0.5, 0.6) is 5.75 Å². The van der Waals surface area contributed by atoms with Crippen molar-refractivity contribution in [3.63, 3.8) is 0 Å². The highest BCUT2D eigenvalue weighted by Crippen LogP contribution is 2.27. The Morgan fingerprint density at radius 2 is 1.75 bits per heavy atom. The predicted molar refractivity (Wildman–Crippen MR) is 101 cm³/mol. The van der Waals surface area contributed by atoms with Crippen LogP contribution in [-0.4, -0.2) is 6.04 Å². The minimum absolute atomic E-state index is 0.439. The lowest BCUT2D eigenvalue weighted by Crippen LogP contribution is -2.25. The van der Waals surface area contributed by atoms with Gasteiger partial charge in [0.05, 0.1) is 10.0 Å². The summed E-state index contributed by atoms with van der Waals surface area (Å²) in [4.78, 5) is 0. The highest BCUT2D eigenvalue weighted by atomic mass is 35.5. The molecule has 0 atom stereocenters. The number of hydrogen-bond donors (Lipinski definition) is 1. The van der Waals surface area contributed by atoms with Crippen molar-refractivity contribution in [2.24, 2.45) is 0 Å². The zero-order valence-corrected chi connectivity index (χ0v) is 15.6. The van der Waals surface area contributed by atoms with Crippen LogP contribution in [0.4, 0.5) is 0 Å². The summed E-state index contributed by atoms with van der Waals surface area (Å²) in [6, 6.07) is 11.9. The molecule has 24 heavy (non-hydrogen) atoms. The van der Waals surface area contributed by atoms with Crippen LogP contribution in [-0.2, 0) is 13.2 Å². The Morgan fingerprint density at radius 3 is 2.50 bits per heavy atom. The van der Waals surface area contributed by atoms with Gasteiger partial charge in [-0.2, -0.15) is 0 Å². The van der Waals surface area contributed by atoms with Crippen molar-refractivity contribution in [1.29, 1.82) is 0 Å². The van der Waals surface area contributed by atoms with Gasteiger partial charge >= 0.3 is 0 Å². The van der Waals surface area contributed by atoms with Gasteiger partial charge < -0.3 is 10.1 Å². The molecule has 1 fully saturated rings. The Balaban J connectivity index is 1.66. The average Bonchev–Trinajstić information content (AvgIpc) is 3.08. The zero-order chi connectivity index (χ0) is 16.9. The summed E-state index contributed by atoms with van der Waals surface area (Å²) in [5, 5.41) is 5.41. The van der Waals surface area contributed by atoms with E-state index in [4.69, 9.17) is 39.5 Å². The van der Waals surface area contributed by atoms with Crippen molar-refractivity contribution < 1.29 is 4.74 Å². The first kappa shape index (κ1) is 17.9. The molecule has 0 saturated heterocycles. The molecule has 0 aromatic heterocycles. The molecule has 1 aliphatic carbocycles. The Labute approximate surface area is 158 Å². The molecule has 0 amide bonds. The van der Waals surface area contributed by atoms with Crippen LogP contribution in [0.15, 0.2) is 36.4 Å². The summed E-state index contributed by atoms with van der Waals surface area (Å²) in [6.07, 6.45) is 5.13. The second-order valence-corrected chi connectivity index (χ2v) is 7.40. The number of rotatable bonds is 6. The van der Waals surface area contributed by atoms with Gasteiger partial charge in [-0.25, -0.2) is 0 Å². The fraction of sp³-hybridized carbons (Fsp3) is 0.368. The molecule has 3 rings (SSSR count). The molecular formula is C19H20Cl3NO. The molecule has 0 aliphatic heterocycles. The molecule has 1 aliphatic rings. The highest BCUT2D eigenvalue weighted by molar-refractivity contribution is 6.42. The molecule has 1 N–H and O–H groups in total. The maximum Gasteiger partial charge on any atom is 0.124 e. The van der Waals surface area contributed by atoms with E-state index >= 15 is 0 Å². The first-order chi connectivity index (χ1) is 11.6. The van der Waals surface area contributed by atoms with Crippen LogP contribution in [0.1, 0.15) is 36.8 Å². The van der Waals surface area contributed by atoms with Crippen molar-refractivity contribution >= 4 is 34.8 Å². The molecule has 2 aromatic rings. The second-order valence-electron chi connectivity index (χ2n) is 6.15. The SMILES string of the molecule is Clc1ccc(OCc2ccc(Cl)c(Cl)c2)c(CNC2CCCC2)c1. The maximum absolute atomic E-state index is 6.15. The lowest BCUT2D eigenvalue weighted by Gasteiger charge is -2.16. The van der Waals surface area contributed by atoms with Crippen molar-refractivity contribution in [2.45, 2.75) is 44.9 Å². The molecule has 128 valence electrons. The van der Waals surface area contributed by atoms with E-state index in [1.165, 1.54) is 25.7 Å². The normalized spacial score (nSPS) is 15.0. The topological polar surface area (TPSA) is 21.3 Å². The van der Waals surface area contributed by atoms with Crippen LogP contribution in [0.2, 0.25) is 15.1 Å². The molecule has 2 nitrogen and oxygen atoms in total. The Hall–Kier alpha value is -0.930. The van der Waals surface area contributed by atoms with E-state index in [9.17, 15) is 0 Å². The van der Waals surface area contributed by atoms with Gasteiger partial charge in [0.25, 0.3) is 0 Å². The summed E-state index contributed by atoms with van der Waals surface area (Å²) < 4.78 is 5.99. The molecule has 0 heterocycles. The molecule has 0 radical (unpaired) electrons. The third-order valence-electron chi connectivity index (χ3n) is 4.34. The van der Waals surface area contributed by atoms with Crippen molar-refractivity contribution in [3.8, 4) is 5.75 Å². The molecular weight excluding hydrogens is 365 g/mol. The van der Waals surface area contributed by atoms with Crippen LogP contribution >= 0.6 is 34.8 Å². The quantitative estimate of drug-likeness (QED) is 0.635. The fourth-order valence-corrected chi connectivity index (χ4v) is 3.52. The van der Waals surface area contributed by atoms with E-state index in [0.29, 0.717) is 22.7 Å². The van der Waals surface area contributed by atoms with Gasteiger partial charge in [-0.3, -0.25) is 0 Å². The monoisotopic (exact) mass is 383 g/mol. The van der Waals surface area contributed by atoms with Gasteiger partial charge in [-0.1, -0.05) is 53.7 Å². The first-order valence-corrected chi connectivity index (χ1v) is 9.34. The predicted octanol–water partition coefficient (Wildman–Crippen LogP) is 6.26. The molecule has 0 spiro atoms. The van der Waals surface area contributed by atoms with Crippen LogP contribution in [0.25, 0.3) is 0 Å². The second kappa shape index (κ2) is 8.44. The minimum atomic E-state index is 0.439. The standard InChI is InChI=1S/C19H20Cl3NO/c20-15-6-8-19(14(10-15)11-23-16-3-1-2-4-16)24-12-13-5-7-17(21)18(22)9-13/h5-10,16,23H,1-4,11-12H2. The number of ether oxygens (including phenoxy) is 1. The molecule has 1 saturated carbocycles. The van der Waals surface area contributed by atoms with Gasteiger partial charge in [0.1, 0.15) is 12.4 Å². The number of benzene rings is 2. The molecule has 0 bridgehead atoms. The Kier molecular flexibility index (Phi) is 6.29. The lowest BCUT2D eigenvalue weighted by molar-refractivity contribution is 0.301. The summed E-state index contributed by atoms with van der Waals surface area (Å²) in [5.74, 6) is 0.843. The van der Waals surface area contributed by atoms with Gasteiger partial charge in [0.15, 0.2) is 0 Å². The highest BCUT2D eigenvalue weighted by Gasteiger charge is 2.15. The molecule has 5 heteroatoms. The van der Waals surface area contributed by atoms with Gasteiger partial charge in [0.2, 0.25) is 0 Å². The van der Waals surface area contributed by atoms with Crippen molar-refractivity contribution in [1.82, 2.24) is 5.32 Å². The first-order valence-electron chi connectivity index (χ1n) is 8.20. The summed E-state index contributed by atoms with van der Waals surface area (Å²) in [7, 11) is 0. The molecule has 2 aromatic carbocycles. The van der Waals surface area contributed by atoms with Crippen LogP contribution < -0.4 is 10.1 Å². The number of hydrogen-bond acceptors (Lipinski definition) is 2. The summed E-state index contributed by atoms with van der Waals surface area (Å²) in [5.41, 5.74) is 2.06. The van der Waals surface area contributed by atoms with Gasteiger partial charge in [0, 0.05) is 23.2 Å². The van der Waals surface area contributed by atoms with E-state index in [0.717, 1.165) is 28.4 Å². The van der Waals surface area contributed by atoms with E-state index in [1.807, 2.05) is 30.3 Å². The third-order valence-corrected chi connectivity index (χ3v) is 5.31. The lowest BCUT2D eigenvalue weighted by atomic mass is 10.1. The zero-order valence-electron chi connectivity index (χ0n) is 13.3. The van der Waals surface area contributed by atoms with Crippen LogP contribution in [0.3, 0.4) is 0 Å². The van der Waals surface area contributed by atoms with Gasteiger partial charge in [-0.15, -0.1) is 0 Å². The van der Waals surface area contributed by atoms with Crippen molar-refractivity contribution in [2.75, 3.05) is 0 Å². The van der Waals surface area contributed by atoms with E-state index in [2.05, 4.69) is 5.32 Å². The summed E-state index contributed by atoms with van der Waals surface area (Å²) in [6.45, 7) is 1.21. The van der Waals surface area contributed by atoms with Gasteiger partial charge in [-0.05, 0) is 48.7 Å². The van der Waals surface area contributed by atoms with E-state index < -0.39 is 0 Å². The van der Waals surface area contributed by atoms with E-state index in [1.54, 1.807) is 6.07 Å². The molecule has 0 unspecified atom stereocenters. The Bertz CT molecular complexity index is 699. The average molecular weight is 385 g/mol. The number of nitrogens with one attached hydrogen (secondary N) is 1. The maximum atomic E-state index is 6.15. The van der Waals surface area contributed by atoms with Crippen molar-refractivity contribution in [3.05, 3.63) is 62.6 Å². The third kappa shape index (κ3) is 4.80. The Morgan fingerprint density at radius 1 is 0.958 bits per heavy atom. The smallest absolute Gasteiger partial charge is 0.124 e. The largest absolute Gasteiger partial charge is 0.489 e. The fourth-order valence-electron chi connectivity index (χ4n) is 3.00.